The molecule has 1 amide bonds. The van der Waals surface area contributed by atoms with E-state index in [1.807, 2.05) is 41.1 Å². The van der Waals surface area contributed by atoms with Crippen molar-refractivity contribution in [2.24, 2.45) is 5.92 Å². The van der Waals surface area contributed by atoms with Gasteiger partial charge in [-0.15, -0.1) is 4.72 Å². The van der Waals surface area contributed by atoms with Gasteiger partial charge in [0.05, 0.1) is 16.4 Å². The fourth-order valence-corrected chi connectivity index (χ4v) is 8.08. The number of rotatable bonds is 9. The van der Waals surface area contributed by atoms with Crippen LogP contribution < -0.4 is 9.03 Å². The van der Waals surface area contributed by atoms with Crippen molar-refractivity contribution in [3.05, 3.63) is 124 Å². The zero-order chi connectivity index (χ0) is 32.3. The molecular formula is C38H36Cl2N4O2S. The Labute approximate surface area is 289 Å². The largest absolute Gasteiger partial charge is 0.568 e. The lowest BCUT2D eigenvalue weighted by Crippen LogP contribution is -2.29. The molecule has 7 rings (SSSR count). The van der Waals surface area contributed by atoms with Crippen molar-refractivity contribution < 1.29 is 9.35 Å². The molecule has 1 saturated carbocycles. The van der Waals surface area contributed by atoms with E-state index in [1.165, 1.54) is 55.2 Å². The highest BCUT2D eigenvalue weighted by atomic mass is 35.5. The van der Waals surface area contributed by atoms with E-state index in [2.05, 4.69) is 53.3 Å². The van der Waals surface area contributed by atoms with Gasteiger partial charge in [0.2, 0.25) is 0 Å². The number of nitrogens with one attached hydrogen (secondary N) is 1. The molecule has 0 bridgehead atoms. The lowest BCUT2D eigenvalue weighted by Gasteiger charge is -2.21. The summed E-state index contributed by atoms with van der Waals surface area (Å²) in [6.45, 7) is 0.0357. The Morgan fingerprint density at radius 2 is 1.55 bits per heavy atom. The monoisotopic (exact) mass is 682 g/mol. The highest BCUT2D eigenvalue weighted by Crippen LogP contribution is 2.33. The Morgan fingerprint density at radius 3 is 2.23 bits per heavy atom. The number of carbonyl (C=O) groups is 1. The number of halogens is 2. The predicted molar refractivity (Wildman–Crippen MR) is 192 cm³/mol. The maximum atomic E-state index is 12.5. The van der Waals surface area contributed by atoms with Gasteiger partial charge in [0.15, 0.2) is 18.1 Å². The Balaban J connectivity index is 1.13. The maximum Gasteiger partial charge on any atom is 0.287 e. The molecule has 2 heterocycles. The minimum absolute atomic E-state index is 0.0357. The molecule has 1 atom stereocenters. The van der Waals surface area contributed by atoms with Crippen molar-refractivity contribution in [3.63, 3.8) is 0 Å². The molecule has 9 heteroatoms. The molecule has 0 radical (unpaired) electrons. The van der Waals surface area contributed by atoms with Gasteiger partial charge in [0.25, 0.3) is 5.91 Å². The molecular weight excluding hydrogens is 647 g/mol. The molecule has 1 unspecified atom stereocenters. The molecule has 1 aliphatic heterocycles. The summed E-state index contributed by atoms with van der Waals surface area (Å²) in [5.41, 5.74) is 7.93. The van der Waals surface area contributed by atoms with Gasteiger partial charge in [-0.3, -0.25) is 4.79 Å². The molecule has 1 N–H and O–H groups in total. The standard InChI is InChI=1S/C38H36Cl2N4O2S/c39-31-19-20-34(35(40)22-31)36-24-43(32-7-4-8-33(23-32)44-25-38(45)42-47(44)46)37(41-36)21-28-13-17-30(18-14-28)29-15-11-27(12-16-29)10-9-26-5-2-1-3-6-26/h4,7-8,11-20,22-24,26H,1-3,5-6,9-10,21,25H2,(H,42,45). The van der Waals surface area contributed by atoms with E-state index in [-0.39, 0.29) is 12.5 Å². The lowest BCUT2D eigenvalue weighted by molar-refractivity contribution is -0.117. The number of amides is 1. The quantitative estimate of drug-likeness (QED) is 0.157. The van der Waals surface area contributed by atoms with E-state index in [0.29, 0.717) is 27.8 Å². The van der Waals surface area contributed by atoms with E-state index in [0.717, 1.165) is 35.0 Å². The van der Waals surface area contributed by atoms with E-state index >= 15 is 0 Å². The highest BCUT2D eigenvalue weighted by molar-refractivity contribution is 7.92. The third kappa shape index (κ3) is 7.39. The van der Waals surface area contributed by atoms with Crippen molar-refractivity contribution in [1.82, 2.24) is 14.3 Å². The van der Waals surface area contributed by atoms with Crippen molar-refractivity contribution >= 4 is 46.3 Å². The molecule has 1 saturated heterocycles. The first-order valence-corrected chi connectivity index (χ1v) is 18.1. The number of hydrogen-bond donors (Lipinski definition) is 1. The normalized spacial score (nSPS) is 16.9. The van der Waals surface area contributed by atoms with Crippen LogP contribution in [0.1, 0.15) is 55.5 Å². The zero-order valence-electron chi connectivity index (χ0n) is 26.0. The van der Waals surface area contributed by atoms with Crippen molar-refractivity contribution in [2.45, 2.75) is 51.4 Å². The number of benzene rings is 4. The topological polar surface area (TPSA) is 73.2 Å². The molecule has 1 aliphatic carbocycles. The number of aromatic nitrogens is 2. The van der Waals surface area contributed by atoms with Crippen LogP contribution in [-0.4, -0.2) is 26.6 Å². The summed E-state index contributed by atoms with van der Waals surface area (Å²) in [5.74, 6) is 1.44. The van der Waals surface area contributed by atoms with Gasteiger partial charge in [0, 0.05) is 28.9 Å². The summed E-state index contributed by atoms with van der Waals surface area (Å²) in [6.07, 6.45) is 12.0. The zero-order valence-corrected chi connectivity index (χ0v) is 28.3. The third-order valence-corrected chi connectivity index (χ3v) is 10.9. The SMILES string of the molecule is O=C1CN(c2cccc(-n3cc(-c4ccc(Cl)cc4Cl)nc3Cc3ccc(-c4ccc(CCC5CCCCC5)cc4)cc3)c2)[S+]([O-])N1. The first-order chi connectivity index (χ1) is 22.9. The number of aryl methyl sites for hydroxylation is 1. The van der Waals surface area contributed by atoms with Crippen LogP contribution in [-0.2, 0) is 29.2 Å². The second-order valence-electron chi connectivity index (χ2n) is 12.5. The summed E-state index contributed by atoms with van der Waals surface area (Å²) in [4.78, 5) is 16.9. The van der Waals surface area contributed by atoms with Crippen LogP contribution in [0.4, 0.5) is 5.69 Å². The van der Waals surface area contributed by atoms with Crippen LogP contribution in [0.5, 0.6) is 0 Å². The fraction of sp³-hybridized carbons (Fsp3) is 0.263. The van der Waals surface area contributed by atoms with E-state index < -0.39 is 11.5 Å². The predicted octanol–water partition coefficient (Wildman–Crippen LogP) is 9.13. The molecule has 2 fully saturated rings. The van der Waals surface area contributed by atoms with E-state index in [9.17, 15) is 9.35 Å². The van der Waals surface area contributed by atoms with Crippen molar-refractivity contribution in [3.8, 4) is 28.1 Å². The van der Waals surface area contributed by atoms with Gasteiger partial charge in [-0.2, -0.15) is 4.31 Å². The summed E-state index contributed by atoms with van der Waals surface area (Å²) in [5, 5.41) is 1.07. The molecule has 4 aromatic carbocycles. The van der Waals surface area contributed by atoms with Gasteiger partial charge < -0.3 is 9.12 Å². The van der Waals surface area contributed by atoms with Gasteiger partial charge in [-0.05, 0) is 77.4 Å². The van der Waals surface area contributed by atoms with Gasteiger partial charge >= 0.3 is 0 Å². The number of hydrogen-bond acceptors (Lipinski definition) is 4. The summed E-state index contributed by atoms with van der Waals surface area (Å²) in [6, 6.07) is 30.7. The summed E-state index contributed by atoms with van der Waals surface area (Å²) >= 11 is 11.2. The van der Waals surface area contributed by atoms with Crippen LogP contribution in [0.2, 0.25) is 10.0 Å². The van der Waals surface area contributed by atoms with Crippen molar-refractivity contribution in [2.75, 3.05) is 10.8 Å². The van der Waals surface area contributed by atoms with E-state index in [4.69, 9.17) is 28.2 Å². The van der Waals surface area contributed by atoms with E-state index in [1.54, 1.807) is 16.4 Å². The van der Waals surface area contributed by atoms with Crippen LogP contribution in [0.25, 0.3) is 28.1 Å². The second-order valence-corrected chi connectivity index (χ2v) is 14.5. The van der Waals surface area contributed by atoms with Gasteiger partial charge in [-0.25, -0.2) is 4.98 Å². The van der Waals surface area contributed by atoms with Crippen LogP contribution in [0.3, 0.4) is 0 Å². The molecule has 240 valence electrons. The molecule has 1 aromatic heterocycles. The van der Waals surface area contributed by atoms with Crippen molar-refractivity contribution in [1.29, 1.82) is 0 Å². The lowest BCUT2D eigenvalue weighted by atomic mass is 9.85. The minimum Gasteiger partial charge on any atom is -0.568 e. The number of anilines is 1. The Bertz CT molecular complexity index is 1870. The Morgan fingerprint density at radius 1 is 0.851 bits per heavy atom. The van der Waals surface area contributed by atoms with Crippen LogP contribution >= 0.6 is 23.2 Å². The summed E-state index contributed by atoms with van der Waals surface area (Å²) in [7, 11) is 0. The molecule has 5 aromatic rings. The average Bonchev–Trinajstić information content (AvgIpc) is 3.66. The minimum atomic E-state index is -1.62. The first kappa shape index (κ1) is 31.8. The third-order valence-electron chi connectivity index (χ3n) is 9.24. The Kier molecular flexibility index (Phi) is 9.59. The number of nitrogens with zero attached hydrogens (tertiary/aromatic N) is 3. The number of carbonyl (C=O) groups excluding carboxylic acids is 1. The fourth-order valence-electron chi connectivity index (χ4n) is 6.66. The molecule has 2 aliphatic rings. The summed E-state index contributed by atoms with van der Waals surface area (Å²) < 4.78 is 18.5. The number of imidazole rings is 1. The first-order valence-electron chi connectivity index (χ1n) is 16.2. The molecule has 0 spiro atoms. The molecule has 6 nitrogen and oxygen atoms in total. The Hall–Kier alpha value is -3.75. The molecule has 47 heavy (non-hydrogen) atoms. The van der Waals surface area contributed by atoms with Crippen LogP contribution in [0, 0.1) is 5.92 Å². The van der Waals surface area contributed by atoms with Gasteiger partial charge in [-0.1, -0.05) is 110 Å². The average molecular weight is 684 g/mol. The highest BCUT2D eigenvalue weighted by Gasteiger charge is 2.34. The second kappa shape index (κ2) is 14.2. The maximum absolute atomic E-state index is 12.5. The van der Waals surface area contributed by atoms with Gasteiger partial charge in [0.1, 0.15) is 5.82 Å². The van der Waals surface area contributed by atoms with Crippen LogP contribution in [0.15, 0.2) is 97.2 Å². The smallest absolute Gasteiger partial charge is 0.287 e.